The first-order valence-electron chi connectivity index (χ1n) is 5.77. The lowest BCUT2D eigenvalue weighted by molar-refractivity contribution is 0.134. The maximum absolute atomic E-state index is 2.38. The second-order valence-corrected chi connectivity index (χ2v) is 6.35. The summed E-state index contributed by atoms with van der Waals surface area (Å²) in [6.07, 6.45) is 2.57. The van der Waals surface area contributed by atoms with E-state index in [2.05, 4.69) is 60.5 Å². The fourth-order valence-electron chi connectivity index (χ4n) is 1.14. The van der Waals surface area contributed by atoms with Crippen LogP contribution in [0, 0.1) is 11.3 Å². The Labute approximate surface area is 90.9 Å². The van der Waals surface area contributed by atoms with E-state index in [1.165, 1.54) is 12.8 Å². The summed E-state index contributed by atoms with van der Waals surface area (Å²) in [5.41, 5.74) is 0.791. The lowest BCUT2D eigenvalue weighted by Gasteiger charge is -2.37. The van der Waals surface area contributed by atoms with Crippen molar-refractivity contribution in [3.8, 4) is 0 Å². The molecule has 86 valence electrons. The monoisotopic (exact) mass is 199 g/mol. The number of hydrogen-bond donors (Lipinski definition) is 0. The van der Waals surface area contributed by atoms with Crippen LogP contribution in [0.25, 0.3) is 0 Å². The van der Waals surface area contributed by atoms with Crippen LogP contribution in [0.4, 0.5) is 0 Å². The van der Waals surface area contributed by atoms with E-state index in [1.54, 1.807) is 0 Å². The predicted molar refractivity (Wildman–Crippen MR) is 65.6 cm³/mol. The summed E-state index contributed by atoms with van der Waals surface area (Å²) in [6, 6.07) is 0. The number of hydrogen-bond acceptors (Lipinski definition) is 1. The first-order chi connectivity index (χ1) is 6.09. The van der Waals surface area contributed by atoms with Crippen LogP contribution in [0.5, 0.6) is 0 Å². The van der Waals surface area contributed by atoms with Crippen molar-refractivity contribution in [1.29, 1.82) is 0 Å². The van der Waals surface area contributed by atoms with Crippen molar-refractivity contribution in [2.24, 2.45) is 11.3 Å². The zero-order chi connectivity index (χ0) is 11.6. The van der Waals surface area contributed by atoms with Crippen LogP contribution in [0.1, 0.15) is 54.4 Å². The zero-order valence-corrected chi connectivity index (χ0v) is 11.4. The Kier molecular flexibility index (Phi) is 4.64. The van der Waals surface area contributed by atoms with E-state index < -0.39 is 0 Å². The molecule has 0 aliphatic heterocycles. The van der Waals surface area contributed by atoms with E-state index in [1.807, 2.05) is 0 Å². The van der Waals surface area contributed by atoms with Crippen LogP contribution < -0.4 is 0 Å². The molecule has 0 aliphatic carbocycles. The predicted octanol–water partition coefficient (Wildman–Crippen LogP) is 3.79. The Bertz CT molecular complexity index is 146. The van der Waals surface area contributed by atoms with E-state index in [0.717, 1.165) is 5.92 Å². The van der Waals surface area contributed by atoms with Gasteiger partial charge in [-0.2, -0.15) is 0 Å². The fourth-order valence-corrected chi connectivity index (χ4v) is 1.14. The molecule has 0 radical (unpaired) electrons. The van der Waals surface area contributed by atoms with Gasteiger partial charge < -0.3 is 4.90 Å². The van der Waals surface area contributed by atoms with Gasteiger partial charge >= 0.3 is 0 Å². The molecule has 1 nitrogen and oxygen atoms in total. The van der Waals surface area contributed by atoms with Gasteiger partial charge in [-0.25, -0.2) is 0 Å². The summed E-state index contributed by atoms with van der Waals surface area (Å²) in [6.45, 7) is 14.0. The average molecular weight is 199 g/mol. The molecule has 1 heteroatoms. The van der Waals surface area contributed by atoms with E-state index >= 15 is 0 Å². The quantitative estimate of drug-likeness (QED) is 0.651. The van der Waals surface area contributed by atoms with Gasteiger partial charge in [-0.3, -0.25) is 0 Å². The van der Waals surface area contributed by atoms with Crippen LogP contribution >= 0.6 is 0 Å². The zero-order valence-electron chi connectivity index (χ0n) is 11.4. The molecule has 0 aromatic carbocycles. The molecule has 0 aliphatic rings. The highest BCUT2D eigenvalue weighted by atomic mass is 15.1. The SMILES string of the molecule is CC(C)C(C)(C)CCC(C)(C)N(C)C. The van der Waals surface area contributed by atoms with Gasteiger partial charge in [0.2, 0.25) is 0 Å². The molecule has 0 fully saturated rings. The number of rotatable bonds is 5. The summed E-state index contributed by atoms with van der Waals surface area (Å²) in [7, 11) is 4.34. The molecule has 0 atom stereocenters. The Morgan fingerprint density at radius 1 is 0.929 bits per heavy atom. The molecule has 0 rings (SSSR count). The highest BCUT2D eigenvalue weighted by Crippen LogP contribution is 2.34. The standard InChI is InChI=1S/C13H29N/c1-11(2)12(3,4)9-10-13(5,6)14(7)8/h11H,9-10H2,1-8H3. The molecule has 0 spiro atoms. The molecule has 0 heterocycles. The van der Waals surface area contributed by atoms with Gasteiger partial charge in [-0.1, -0.05) is 27.7 Å². The lowest BCUT2D eigenvalue weighted by Crippen LogP contribution is -2.39. The van der Waals surface area contributed by atoms with Crippen LogP contribution in [0.15, 0.2) is 0 Å². The molecule has 0 N–H and O–H groups in total. The van der Waals surface area contributed by atoms with Gasteiger partial charge in [0.25, 0.3) is 0 Å². The van der Waals surface area contributed by atoms with Crippen LogP contribution in [-0.2, 0) is 0 Å². The fraction of sp³-hybridized carbons (Fsp3) is 1.00. The van der Waals surface area contributed by atoms with Gasteiger partial charge in [0, 0.05) is 5.54 Å². The Balaban J connectivity index is 4.18. The second kappa shape index (κ2) is 4.65. The van der Waals surface area contributed by atoms with Crippen LogP contribution in [0.2, 0.25) is 0 Å². The van der Waals surface area contributed by atoms with Gasteiger partial charge in [0.15, 0.2) is 0 Å². The minimum atomic E-state index is 0.326. The van der Waals surface area contributed by atoms with E-state index in [4.69, 9.17) is 0 Å². The van der Waals surface area contributed by atoms with E-state index in [0.29, 0.717) is 11.0 Å². The van der Waals surface area contributed by atoms with Crippen molar-refractivity contribution in [3.63, 3.8) is 0 Å². The molecule has 0 amide bonds. The smallest absolute Gasteiger partial charge is 0.0147 e. The minimum absolute atomic E-state index is 0.326. The molecule has 0 unspecified atom stereocenters. The summed E-state index contributed by atoms with van der Waals surface area (Å²) in [5, 5.41) is 0. The summed E-state index contributed by atoms with van der Waals surface area (Å²) in [5.74, 6) is 0.764. The molecule has 0 aromatic heterocycles. The van der Waals surface area contributed by atoms with Crippen molar-refractivity contribution in [2.75, 3.05) is 14.1 Å². The van der Waals surface area contributed by atoms with E-state index in [9.17, 15) is 0 Å². The lowest BCUT2D eigenvalue weighted by atomic mass is 9.75. The van der Waals surface area contributed by atoms with Crippen molar-refractivity contribution in [1.82, 2.24) is 4.90 Å². The minimum Gasteiger partial charge on any atom is -0.304 e. The Morgan fingerprint density at radius 2 is 1.36 bits per heavy atom. The molecule has 0 bridgehead atoms. The highest BCUT2D eigenvalue weighted by molar-refractivity contribution is 4.82. The first kappa shape index (κ1) is 14.0. The second-order valence-electron chi connectivity index (χ2n) is 6.35. The van der Waals surface area contributed by atoms with Crippen LogP contribution in [0.3, 0.4) is 0 Å². The van der Waals surface area contributed by atoms with Gasteiger partial charge in [0.1, 0.15) is 0 Å². The van der Waals surface area contributed by atoms with Gasteiger partial charge in [0.05, 0.1) is 0 Å². The third kappa shape index (κ3) is 4.00. The molecular weight excluding hydrogens is 170 g/mol. The molecular formula is C13H29N. The molecule has 0 saturated carbocycles. The maximum Gasteiger partial charge on any atom is 0.0147 e. The number of nitrogens with zero attached hydrogens (tertiary/aromatic N) is 1. The van der Waals surface area contributed by atoms with Gasteiger partial charge in [-0.05, 0) is 52.1 Å². The molecule has 0 aromatic rings. The topological polar surface area (TPSA) is 3.24 Å². The van der Waals surface area contributed by atoms with E-state index in [-0.39, 0.29) is 0 Å². The Hall–Kier alpha value is -0.0400. The van der Waals surface area contributed by atoms with Crippen molar-refractivity contribution >= 4 is 0 Å². The van der Waals surface area contributed by atoms with Gasteiger partial charge in [-0.15, -0.1) is 0 Å². The van der Waals surface area contributed by atoms with Crippen molar-refractivity contribution in [3.05, 3.63) is 0 Å². The first-order valence-corrected chi connectivity index (χ1v) is 5.77. The maximum atomic E-state index is 2.38. The third-order valence-corrected chi connectivity index (χ3v) is 4.15. The van der Waals surface area contributed by atoms with Crippen molar-refractivity contribution in [2.45, 2.75) is 59.9 Å². The van der Waals surface area contributed by atoms with Crippen LogP contribution in [-0.4, -0.2) is 24.5 Å². The largest absolute Gasteiger partial charge is 0.304 e. The molecule has 14 heavy (non-hydrogen) atoms. The highest BCUT2D eigenvalue weighted by Gasteiger charge is 2.27. The molecule has 0 saturated heterocycles. The third-order valence-electron chi connectivity index (χ3n) is 4.15. The summed E-state index contributed by atoms with van der Waals surface area (Å²) < 4.78 is 0. The van der Waals surface area contributed by atoms with Crippen molar-refractivity contribution < 1.29 is 0 Å². The average Bonchev–Trinajstić information content (AvgIpc) is 2.01. The summed E-state index contributed by atoms with van der Waals surface area (Å²) >= 11 is 0. The summed E-state index contributed by atoms with van der Waals surface area (Å²) in [4.78, 5) is 2.32. The Morgan fingerprint density at radius 3 is 1.64 bits per heavy atom. The normalized spacial score (nSPS) is 14.1.